The molecule has 2 rings (SSSR count). The lowest BCUT2D eigenvalue weighted by atomic mass is 10.1. The van der Waals surface area contributed by atoms with Gasteiger partial charge in [0, 0.05) is 19.0 Å². The highest BCUT2D eigenvalue weighted by molar-refractivity contribution is 5.82. The minimum absolute atomic E-state index is 0.0140. The number of aryl methyl sites for hydroxylation is 1. The molecule has 0 atom stereocenters. The maximum atomic E-state index is 13.9. The molecule has 2 aromatic carbocycles. The Morgan fingerprint density at radius 3 is 2.68 bits per heavy atom. The fourth-order valence-corrected chi connectivity index (χ4v) is 2.77. The molecule has 0 aliphatic carbocycles. The summed E-state index contributed by atoms with van der Waals surface area (Å²) in [5, 5.41) is 12.0. The Labute approximate surface area is 184 Å². The molecule has 0 aromatic heterocycles. The fourth-order valence-electron chi connectivity index (χ4n) is 2.77. The first-order valence-corrected chi connectivity index (χ1v) is 9.72. The van der Waals surface area contributed by atoms with Crippen LogP contribution < -0.4 is 10.1 Å². The van der Waals surface area contributed by atoms with E-state index >= 15 is 0 Å². The van der Waals surface area contributed by atoms with Gasteiger partial charge in [-0.1, -0.05) is 24.3 Å². The Morgan fingerprint density at radius 1 is 1.26 bits per heavy atom. The van der Waals surface area contributed by atoms with E-state index in [-0.39, 0.29) is 12.4 Å². The molecule has 0 saturated heterocycles. The van der Waals surface area contributed by atoms with Gasteiger partial charge in [-0.3, -0.25) is 0 Å². The Bertz CT molecular complexity index is 938. The Morgan fingerprint density at radius 2 is 2.00 bits per heavy atom. The zero-order chi connectivity index (χ0) is 23.1. The van der Waals surface area contributed by atoms with Crippen molar-refractivity contribution in [1.82, 2.24) is 5.32 Å². The molecule has 162 valence electrons. The molecule has 0 saturated carbocycles. The summed E-state index contributed by atoms with van der Waals surface area (Å²) in [6.45, 7) is 4.88. The monoisotopic (exact) mass is 421 g/mol. The summed E-state index contributed by atoms with van der Waals surface area (Å²) in [6.07, 6.45) is 10.6. The van der Waals surface area contributed by atoms with E-state index in [1.165, 1.54) is 6.07 Å². The quantitative estimate of drug-likeness (QED) is 0.280. The number of hydrogen-bond donors (Lipinski definition) is 1. The lowest BCUT2D eigenvalue weighted by Gasteiger charge is -2.09. The highest BCUT2D eigenvalue weighted by Crippen LogP contribution is 2.21. The third-order valence-electron chi connectivity index (χ3n) is 4.35. The third-order valence-corrected chi connectivity index (χ3v) is 4.35. The molecule has 0 unspecified atom stereocenters. The zero-order valence-electron chi connectivity index (χ0n) is 18.2. The summed E-state index contributed by atoms with van der Waals surface area (Å²) < 4.78 is 24.5. The number of terminal acetylenes is 1. The third kappa shape index (κ3) is 8.74. The van der Waals surface area contributed by atoms with Crippen LogP contribution in [0, 0.1) is 36.9 Å². The molecule has 31 heavy (non-hydrogen) atoms. The van der Waals surface area contributed by atoms with Crippen molar-refractivity contribution in [1.29, 1.82) is 5.26 Å². The van der Waals surface area contributed by atoms with Gasteiger partial charge >= 0.3 is 0 Å². The Balaban J connectivity index is 0.00000233. The van der Waals surface area contributed by atoms with E-state index < -0.39 is 0 Å². The second-order valence-electron chi connectivity index (χ2n) is 6.39. The first-order valence-electron chi connectivity index (χ1n) is 9.72. The van der Waals surface area contributed by atoms with E-state index in [0.717, 1.165) is 22.4 Å². The van der Waals surface area contributed by atoms with Crippen molar-refractivity contribution in [2.45, 2.75) is 20.3 Å². The van der Waals surface area contributed by atoms with Gasteiger partial charge in [0.15, 0.2) is 12.5 Å². The molecule has 5 nitrogen and oxygen atoms in total. The Hall–Kier alpha value is -3.61. The zero-order valence-corrected chi connectivity index (χ0v) is 18.2. The lowest BCUT2D eigenvalue weighted by molar-refractivity contribution is 0.368. The van der Waals surface area contributed by atoms with Crippen LogP contribution >= 0.6 is 0 Å². The summed E-state index contributed by atoms with van der Waals surface area (Å²) >= 11 is 0. The van der Waals surface area contributed by atoms with Gasteiger partial charge in [0.2, 0.25) is 0 Å². The van der Waals surface area contributed by atoms with Crippen LogP contribution in [0.25, 0.3) is 5.70 Å². The average Bonchev–Trinajstić information content (AvgIpc) is 2.79. The summed E-state index contributed by atoms with van der Waals surface area (Å²) in [5.41, 5.74) is 3.27. The van der Waals surface area contributed by atoms with Crippen molar-refractivity contribution in [2.75, 3.05) is 26.8 Å². The van der Waals surface area contributed by atoms with E-state index in [2.05, 4.69) is 23.2 Å². The van der Waals surface area contributed by atoms with Gasteiger partial charge in [0.1, 0.15) is 17.6 Å². The molecule has 2 aromatic rings. The van der Waals surface area contributed by atoms with Gasteiger partial charge in [0.05, 0.1) is 12.8 Å². The number of benzene rings is 2. The van der Waals surface area contributed by atoms with Crippen LogP contribution in [0.3, 0.4) is 0 Å². The van der Waals surface area contributed by atoms with Crippen molar-refractivity contribution in [3.8, 4) is 24.7 Å². The van der Waals surface area contributed by atoms with Gasteiger partial charge in [-0.05, 0) is 55.3 Å². The number of aliphatic imine (C=N–C) groups is 1. The van der Waals surface area contributed by atoms with Crippen molar-refractivity contribution in [2.24, 2.45) is 4.99 Å². The molecular weight excluding hydrogens is 393 g/mol. The minimum Gasteiger partial charge on any atom is -0.484 e. The number of hydrogen-bond acceptors (Lipinski definition) is 5. The molecule has 0 bridgehead atoms. The summed E-state index contributed by atoms with van der Waals surface area (Å²) in [6, 6.07) is 14.5. The van der Waals surface area contributed by atoms with E-state index in [9.17, 15) is 4.39 Å². The molecule has 0 spiro atoms. The normalized spacial score (nSPS) is 11.1. The van der Waals surface area contributed by atoms with Crippen LogP contribution in [-0.4, -0.2) is 32.7 Å². The second-order valence-corrected chi connectivity index (χ2v) is 6.39. The molecule has 1 N–H and O–H groups in total. The standard InChI is InChI=1S/C23H26FN3O2.C2H2/c1-17-6-4-9-22(24)21(17)10-13-26-14-11-23(27-18(2)28-3)19-7-5-8-20(16-19)29-15-12-25;1-2/h4-9,11,16,26H,10,13-15H2,1-3H3;1-2H/b23-11-,27-18?;. The predicted octanol–water partition coefficient (Wildman–Crippen LogP) is 4.52. The molecule has 0 fully saturated rings. The number of halogens is 1. The van der Waals surface area contributed by atoms with Gasteiger partial charge in [-0.15, -0.1) is 12.8 Å². The molecule has 6 heteroatoms. The van der Waals surface area contributed by atoms with E-state index in [4.69, 9.17) is 14.7 Å². The molecule has 0 radical (unpaired) electrons. The number of nitrogens with zero attached hydrogens (tertiary/aromatic N) is 2. The van der Waals surface area contributed by atoms with E-state index in [0.29, 0.717) is 31.2 Å². The van der Waals surface area contributed by atoms with Crippen molar-refractivity contribution in [3.05, 3.63) is 71.0 Å². The van der Waals surface area contributed by atoms with Crippen LogP contribution in [0.15, 0.2) is 53.5 Å². The first-order chi connectivity index (χ1) is 15.0. The highest BCUT2D eigenvalue weighted by atomic mass is 19.1. The van der Waals surface area contributed by atoms with Crippen LogP contribution in [0.4, 0.5) is 4.39 Å². The number of methoxy groups -OCH3 is 1. The minimum atomic E-state index is -0.169. The van der Waals surface area contributed by atoms with Crippen LogP contribution in [0.1, 0.15) is 23.6 Å². The summed E-state index contributed by atoms with van der Waals surface area (Å²) in [4.78, 5) is 4.51. The maximum Gasteiger partial charge on any atom is 0.184 e. The van der Waals surface area contributed by atoms with Crippen LogP contribution in [-0.2, 0) is 11.2 Å². The SMILES string of the molecule is C#C.COC(C)=N/C(=C\CNCCc1c(C)cccc1F)c1cccc(OCC#N)c1. The van der Waals surface area contributed by atoms with E-state index in [1.54, 1.807) is 26.2 Å². The Kier molecular flexibility index (Phi) is 11.8. The van der Waals surface area contributed by atoms with Crippen LogP contribution in [0.5, 0.6) is 5.75 Å². The average molecular weight is 422 g/mol. The molecule has 0 aliphatic rings. The number of nitrogens with one attached hydrogen (secondary N) is 1. The van der Waals surface area contributed by atoms with Crippen molar-refractivity contribution in [3.63, 3.8) is 0 Å². The second kappa shape index (κ2) is 14.4. The van der Waals surface area contributed by atoms with Gasteiger partial charge < -0.3 is 14.8 Å². The first kappa shape index (κ1) is 25.4. The maximum absolute atomic E-state index is 13.9. The topological polar surface area (TPSA) is 66.6 Å². The summed E-state index contributed by atoms with van der Waals surface area (Å²) in [7, 11) is 1.57. The van der Waals surface area contributed by atoms with Gasteiger partial charge in [-0.25, -0.2) is 9.38 Å². The number of ether oxygens (including phenoxy) is 2. The summed E-state index contributed by atoms with van der Waals surface area (Å²) in [5.74, 6) is 0.960. The largest absolute Gasteiger partial charge is 0.484 e. The van der Waals surface area contributed by atoms with Crippen molar-refractivity contribution >= 4 is 11.6 Å². The van der Waals surface area contributed by atoms with Crippen LogP contribution in [0.2, 0.25) is 0 Å². The van der Waals surface area contributed by atoms with Gasteiger partial charge in [0.25, 0.3) is 0 Å². The van der Waals surface area contributed by atoms with Gasteiger partial charge in [-0.2, -0.15) is 5.26 Å². The predicted molar refractivity (Wildman–Crippen MR) is 123 cm³/mol. The lowest BCUT2D eigenvalue weighted by Crippen LogP contribution is -2.18. The van der Waals surface area contributed by atoms with Crippen molar-refractivity contribution < 1.29 is 13.9 Å². The fraction of sp³-hybridized carbons (Fsp3) is 0.280. The smallest absolute Gasteiger partial charge is 0.184 e. The molecular formula is C25H28FN3O2. The molecule has 0 heterocycles. The number of rotatable bonds is 9. The highest BCUT2D eigenvalue weighted by Gasteiger charge is 2.06. The molecule has 0 amide bonds. The number of nitriles is 1. The van der Waals surface area contributed by atoms with E-state index in [1.807, 2.05) is 43.3 Å². The molecule has 0 aliphatic heterocycles.